The number of amides is 1. The van der Waals surface area contributed by atoms with E-state index in [4.69, 9.17) is 0 Å². The number of aryl methyl sites for hydroxylation is 1. The van der Waals surface area contributed by atoms with E-state index >= 15 is 0 Å². The number of benzene rings is 1. The van der Waals surface area contributed by atoms with Crippen molar-refractivity contribution in [1.29, 1.82) is 0 Å². The van der Waals surface area contributed by atoms with Gasteiger partial charge in [-0.15, -0.1) is 11.3 Å². The molecule has 0 spiro atoms. The van der Waals surface area contributed by atoms with Crippen LogP contribution in [0.4, 0.5) is 5.69 Å². The summed E-state index contributed by atoms with van der Waals surface area (Å²) in [4.78, 5) is 12.6. The van der Waals surface area contributed by atoms with Gasteiger partial charge in [0.1, 0.15) is 0 Å². The van der Waals surface area contributed by atoms with Crippen LogP contribution in [0.1, 0.15) is 30.2 Å². The van der Waals surface area contributed by atoms with Crippen LogP contribution in [0.25, 0.3) is 0 Å². The molecule has 2 N–H and O–H groups in total. The van der Waals surface area contributed by atoms with Crippen molar-refractivity contribution < 1.29 is 13.2 Å². The summed E-state index contributed by atoms with van der Waals surface area (Å²) in [5.74, 6) is -0.185. The average Bonchev–Trinajstić information content (AvgIpc) is 3.08. The van der Waals surface area contributed by atoms with E-state index in [0.717, 1.165) is 12.8 Å². The summed E-state index contributed by atoms with van der Waals surface area (Å²) < 4.78 is 28.0. The first kappa shape index (κ1) is 17.1. The highest BCUT2D eigenvalue weighted by Crippen LogP contribution is 2.49. The molecule has 7 heteroatoms. The molecule has 1 aliphatic rings. The van der Waals surface area contributed by atoms with E-state index in [1.807, 2.05) is 11.4 Å². The molecule has 5 nitrogen and oxygen atoms in total. The Balaban J connectivity index is 1.75. The summed E-state index contributed by atoms with van der Waals surface area (Å²) >= 11 is 1.67. The van der Waals surface area contributed by atoms with Gasteiger partial charge < -0.3 is 5.32 Å². The average molecular weight is 364 g/mol. The zero-order valence-corrected chi connectivity index (χ0v) is 15.3. The van der Waals surface area contributed by atoms with Gasteiger partial charge in [0.05, 0.1) is 4.90 Å². The maximum atomic E-state index is 12.6. The topological polar surface area (TPSA) is 75.3 Å². The number of anilines is 1. The van der Waals surface area contributed by atoms with Crippen LogP contribution in [0, 0.1) is 6.92 Å². The minimum Gasteiger partial charge on any atom is -0.326 e. The largest absolute Gasteiger partial charge is 0.326 e. The summed E-state index contributed by atoms with van der Waals surface area (Å²) in [6, 6.07) is 8.88. The van der Waals surface area contributed by atoms with Gasteiger partial charge in [0.25, 0.3) is 0 Å². The minimum atomic E-state index is -3.58. The van der Waals surface area contributed by atoms with Gasteiger partial charge in [-0.25, -0.2) is 13.1 Å². The Hall–Kier alpha value is -1.70. The molecule has 1 amide bonds. The Bertz CT molecular complexity index is 854. The number of carbonyl (C=O) groups is 1. The van der Waals surface area contributed by atoms with Gasteiger partial charge in [-0.3, -0.25) is 4.79 Å². The van der Waals surface area contributed by atoms with Gasteiger partial charge in [-0.1, -0.05) is 6.07 Å². The molecule has 0 bridgehead atoms. The van der Waals surface area contributed by atoms with Crippen molar-refractivity contribution in [3.8, 4) is 0 Å². The lowest BCUT2D eigenvalue weighted by molar-refractivity contribution is -0.114. The first-order valence-electron chi connectivity index (χ1n) is 7.74. The molecule has 1 aliphatic carbocycles. The number of sulfonamides is 1. The predicted molar refractivity (Wildman–Crippen MR) is 95.9 cm³/mol. The summed E-state index contributed by atoms with van der Waals surface area (Å²) in [5.41, 5.74) is 1.16. The van der Waals surface area contributed by atoms with Crippen LogP contribution in [0.3, 0.4) is 0 Å². The summed E-state index contributed by atoms with van der Waals surface area (Å²) in [6.45, 7) is 3.57. The lowest BCUT2D eigenvalue weighted by atomic mass is 10.1. The third kappa shape index (κ3) is 3.53. The second-order valence-corrected chi connectivity index (χ2v) is 8.93. The fourth-order valence-corrected chi connectivity index (χ4v) is 5.12. The van der Waals surface area contributed by atoms with Crippen LogP contribution in [-0.2, 0) is 20.2 Å². The van der Waals surface area contributed by atoms with Crippen LogP contribution in [-0.4, -0.2) is 20.9 Å². The highest BCUT2D eigenvalue weighted by Gasteiger charge is 2.45. The van der Waals surface area contributed by atoms with E-state index in [2.05, 4.69) is 16.1 Å². The Morgan fingerprint density at radius 2 is 2.04 bits per heavy atom. The minimum absolute atomic E-state index is 0.0364. The van der Waals surface area contributed by atoms with Crippen molar-refractivity contribution >= 4 is 33.0 Å². The third-order valence-electron chi connectivity index (χ3n) is 4.28. The first-order chi connectivity index (χ1) is 11.3. The van der Waals surface area contributed by atoms with Gasteiger partial charge >= 0.3 is 0 Å². The highest BCUT2D eigenvalue weighted by atomic mass is 32.2. The Kier molecular flexibility index (Phi) is 4.50. The third-order valence-corrected chi connectivity index (χ3v) is 6.96. The van der Waals surface area contributed by atoms with Gasteiger partial charge in [0.15, 0.2) is 0 Å². The smallest absolute Gasteiger partial charge is 0.240 e. The molecule has 0 radical (unpaired) electrons. The molecule has 1 aromatic heterocycles. The lowest BCUT2D eigenvalue weighted by Gasteiger charge is -2.16. The van der Waals surface area contributed by atoms with Crippen LogP contribution < -0.4 is 10.0 Å². The molecule has 1 saturated carbocycles. The monoisotopic (exact) mass is 364 g/mol. The fourth-order valence-electron chi connectivity index (χ4n) is 2.78. The van der Waals surface area contributed by atoms with Crippen LogP contribution >= 0.6 is 11.3 Å². The molecule has 3 rings (SSSR count). The van der Waals surface area contributed by atoms with Crippen molar-refractivity contribution in [2.75, 3.05) is 11.9 Å². The van der Waals surface area contributed by atoms with Crippen molar-refractivity contribution in [3.63, 3.8) is 0 Å². The summed E-state index contributed by atoms with van der Waals surface area (Å²) in [5, 5.41) is 4.68. The Morgan fingerprint density at radius 1 is 1.29 bits per heavy atom. The van der Waals surface area contributed by atoms with Crippen LogP contribution in [0.5, 0.6) is 0 Å². The van der Waals surface area contributed by atoms with E-state index in [0.29, 0.717) is 17.8 Å². The summed E-state index contributed by atoms with van der Waals surface area (Å²) in [6.07, 6.45) is 2.02. The molecule has 24 heavy (non-hydrogen) atoms. The molecule has 1 heterocycles. The second kappa shape index (κ2) is 6.31. The standard InChI is InChI=1S/C17H20N2O3S2/c1-12-10-14(19-13(2)20)5-6-15(12)24(21,22)18-11-17(7-8-17)16-4-3-9-23-16/h3-6,9-10,18H,7-8,11H2,1-2H3,(H,19,20). The van der Waals surface area contributed by atoms with E-state index < -0.39 is 10.0 Å². The predicted octanol–water partition coefficient (Wildman–Crippen LogP) is 3.03. The van der Waals surface area contributed by atoms with Gasteiger partial charge in [0, 0.05) is 29.4 Å². The SMILES string of the molecule is CC(=O)Nc1ccc(S(=O)(=O)NCC2(c3cccs3)CC2)c(C)c1. The molecular formula is C17H20N2O3S2. The highest BCUT2D eigenvalue weighted by molar-refractivity contribution is 7.89. The molecule has 0 unspecified atom stereocenters. The zero-order chi connectivity index (χ0) is 17.4. The molecular weight excluding hydrogens is 344 g/mol. The van der Waals surface area contributed by atoms with Crippen LogP contribution in [0.15, 0.2) is 40.6 Å². The molecule has 0 saturated heterocycles. The molecule has 128 valence electrons. The van der Waals surface area contributed by atoms with Crippen molar-refractivity contribution in [1.82, 2.24) is 4.72 Å². The van der Waals surface area contributed by atoms with Gasteiger partial charge in [-0.2, -0.15) is 0 Å². The van der Waals surface area contributed by atoms with Crippen molar-refractivity contribution in [2.45, 2.75) is 37.0 Å². The molecule has 0 atom stereocenters. The normalized spacial score (nSPS) is 15.9. The molecule has 2 aromatic rings. The van der Waals surface area contributed by atoms with Gasteiger partial charge in [-0.05, 0) is 55.0 Å². The van der Waals surface area contributed by atoms with Crippen molar-refractivity contribution in [2.24, 2.45) is 0 Å². The van der Waals surface area contributed by atoms with Gasteiger partial charge in [0.2, 0.25) is 15.9 Å². The maximum absolute atomic E-state index is 12.6. The lowest BCUT2D eigenvalue weighted by Crippen LogP contribution is -2.32. The van der Waals surface area contributed by atoms with E-state index in [1.165, 1.54) is 17.9 Å². The Labute approximate surface area is 146 Å². The molecule has 0 aliphatic heterocycles. The number of hydrogen-bond donors (Lipinski definition) is 2. The quantitative estimate of drug-likeness (QED) is 0.827. The number of nitrogens with one attached hydrogen (secondary N) is 2. The second-order valence-electron chi connectivity index (χ2n) is 6.24. The number of thiophene rings is 1. The maximum Gasteiger partial charge on any atom is 0.240 e. The van der Waals surface area contributed by atoms with E-state index in [1.54, 1.807) is 30.4 Å². The number of hydrogen-bond acceptors (Lipinski definition) is 4. The fraction of sp³-hybridized carbons (Fsp3) is 0.353. The molecule has 1 aromatic carbocycles. The summed E-state index contributed by atoms with van der Waals surface area (Å²) in [7, 11) is -3.58. The van der Waals surface area contributed by atoms with Crippen molar-refractivity contribution in [3.05, 3.63) is 46.2 Å². The Morgan fingerprint density at radius 3 is 2.58 bits per heavy atom. The van der Waals surface area contributed by atoms with Crippen LogP contribution in [0.2, 0.25) is 0 Å². The molecule has 1 fully saturated rings. The van der Waals surface area contributed by atoms with E-state index in [-0.39, 0.29) is 16.2 Å². The number of rotatable bonds is 6. The zero-order valence-electron chi connectivity index (χ0n) is 13.6. The first-order valence-corrected chi connectivity index (χ1v) is 10.1. The number of carbonyl (C=O) groups excluding carboxylic acids is 1. The van der Waals surface area contributed by atoms with E-state index in [9.17, 15) is 13.2 Å².